The first-order valence-corrected chi connectivity index (χ1v) is 8.27. The third-order valence-corrected chi connectivity index (χ3v) is 4.52. The summed E-state index contributed by atoms with van der Waals surface area (Å²) in [6, 6.07) is 18.7. The van der Waals surface area contributed by atoms with Gasteiger partial charge in [-0.05, 0) is 49.2 Å². The molecule has 1 saturated heterocycles. The van der Waals surface area contributed by atoms with Crippen molar-refractivity contribution in [3.05, 3.63) is 71.3 Å². The second-order valence-electron chi connectivity index (χ2n) is 6.02. The highest BCUT2D eigenvalue weighted by Crippen LogP contribution is 2.31. The molecule has 0 amide bonds. The molecule has 23 heavy (non-hydrogen) atoms. The Morgan fingerprint density at radius 2 is 1.52 bits per heavy atom. The van der Waals surface area contributed by atoms with Crippen LogP contribution >= 0.6 is 0 Å². The summed E-state index contributed by atoms with van der Waals surface area (Å²) in [4.78, 5) is 14.2. The number of hydrogen-bond donors (Lipinski definition) is 0. The molecule has 1 fully saturated rings. The van der Waals surface area contributed by atoms with Gasteiger partial charge in [0.25, 0.3) is 0 Å². The summed E-state index contributed by atoms with van der Waals surface area (Å²) >= 11 is 0. The van der Waals surface area contributed by atoms with Crippen LogP contribution in [0.4, 0.5) is 0 Å². The minimum atomic E-state index is -0.286. The van der Waals surface area contributed by atoms with Crippen molar-refractivity contribution in [3.63, 3.8) is 0 Å². The topological polar surface area (TPSA) is 29.5 Å². The van der Waals surface area contributed by atoms with Crippen LogP contribution in [0.3, 0.4) is 0 Å². The number of carbonyl (C=O) groups excluding carboxylic acids is 1. The van der Waals surface area contributed by atoms with E-state index < -0.39 is 0 Å². The van der Waals surface area contributed by atoms with Crippen molar-refractivity contribution in [2.24, 2.45) is 0 Å². The van der Waals surface area contributed by atoms with Gasteiger partial charge in [-0.1, -0.05) is 48.9 Å². The van der Waals surface area contributed by atoms with Crippen molar-refractivity contribution >= 4 is 5.97 Å². The molecule has 1 heterocycles. The Bertz CT molecular complexity index is 630. The Morgan fingerprint density at radius 3 is 2.13 bits per heavy atom. The molecule has 2 aromatic carbocycles. The second-order valence-corrected chi connectivity index (χ2v) is 6.02. The summed E-state index contributed by atoms with van der Waals surface area (Å²) in [5, 5.41) is 0. The fourth-order valence-electron chi connectivity index (χ4n) is 3.35. The van der Waals surface area contributed by atoms with Crippen LogP contribution in [0.25, 0.3) is 0 Å². The van der Waals surface area contributed by atoms with E-state index in [1.165, 1.54) is 37.5 Å². The number of esters is 1. The predicted molar refractivity (Wildman–Crippen MR) is 91.5 cm³/mol. The molecule has 1 aliphatic heterocycles. The molecule has 1 atom stereocenters. The van der Waals surface area contributed by atoms with E-state index in [9.17, 15) is 4.79 Å². The molecule has 0 aromatic heterocycles. The van der Waals surface area contributed by atoms with Crippen LogP contribution in [0.15, 0.2) is 54.6 Å². The zero-order chi connectivity index (χ0) is 16.1. The molecule has 0 N–H and O–H groups in total. The Balaban J connectivity index is 1.93. The number of hydrogen-bond acceptors (Lipinski definition) is 3. The van der Waals surface area contributed by atoms with Crippen molar-refractivity contribution in [2.45, 2.75) is 25.3 Å². The largest absolute Gasteiger partial charge is 0.465 e. The van der Waals surface area contributed by atoms with Crippen molar-refractivity contribution in [1.82, 2.24) is 4.90 Å². The summed E-state index contributed by atoms with van der Waals surface area (Å²) in [5.74, 6) is -0.286. The molecule has 0 spiro atoms. The normalized spacial score (nSPS) is 16.7. The zero-order valence-corrected chi connectivity index (χ0v) is 13.6. The Morgan fingerprint density at radius 1 is 0.913 bits per heavy atom. The quantitative estimate of drug-likeness (QED) is 0.798. The summed E-state index contributed by atoms with van der Waals surface area (Å²) in [6.07, 6.45) is 3.83. The molecule has 3 nitrogen and oxygen atoms in total. The SMILES string of the molecule is COC(=O)c1ccc(C(c2ccccc2)N2CCCCC2)cc1. The van der Waals surface area contributed by atoms with Gasteiger partial charge in [0.1, 0.15) is 0 Å². The number of carbonyl (C=O) groups is 1. The van der Waals surface area contributed by atoms with Crippen molar-refractivity contribution in [3.8, 4) is 0 Å². The standard InChI is InChI=1S/C20H23NO2/c1-23-20(22)18-12-10-17(11-13-18)19(16-8-4-2-5-9-16)21-14-6-3-7-15-21/h2,4-5,8-13,19H,3,6-7,14-15H2,1H3. The monoisotopic (exact) mass is 309 g/mol. The van der Waals surface area contributed by atoms with Crippen LogP contribution < -0.4 is 0 Å². The molecule has 3 heteroatoms. The summed E-state index contributed by atoms with van der Waals surface area (Å²) < 4.78 is 4.79. The first kappa shape index (κ1) is 15.8. The summed E-state index contributed by atoms with van der Waals surface area (Å²) in [5.41, 5.74) is 3.13. The Kier molecular flexibility index (Phi) is 5.09. The van der Waals surface area contributed by atoms with Crippen LogP contribution in [-0.2, 0) is 4.74 Å². The minimum absolute atomic E-state index is 0.253. The molecule has 1 aliphatic rings. The van der Waals surface area contributed by atoms with E-state index in [1.807, 2.05) is 12.1 Å². The number of methoxy groups -OCH3 is 1. The van der Waals surface area contributed by atoms with Crippen LogP contribution in [-0.4, -0.2) is 31.1 Å². The molecule has 0 saturated carbocycles. The lowest BCUT2D eigenvalue weighted by Gasteiger charge is -2.35. The van der Waals surface area contributed by atoms with Crippen LogP contribution in [0.1, 0.15) is 46.8 Å². The van der Waals surface area contributed by atoms with Gasteiger partial charge in [0.05, 0.1) is 18.7 Å². The van der Waals surface area contributed by atoms with Gasteiger partial charge in [-0.15, -0.1) is 0 Å². The van der Waals surface area contributed by atoms with Gasteiger partial charge >= 0.3 is 5.97 Å². The van der Waals surface area contributed by atoms with Crippen molar-refractivity contribution in [1.29, 1.82) is 0 Å². The molecule has 1 unspecified atom stereocenters. The van der Waals surface area contributed by atoms with Crippen LogP contribution in [0.2, 0.25) is 0 Å². The molecule has 120 valence electrons. The zero-order valence-electron chi connectivity index (χ0n) is 13.6. The van der Waals surface area contributed by atoms with E-state index in [0.29, 0.717) is 5.56 Å². The third kappa shape index (κ3) is 3.62. The molecule has 0 radical (unpaired) electrons. The van der Waals surface area contributed by atoms with E-state index in [4.69, 9.17) is 4.74 Å². The number of ether oxygens (including phenoxy) is 1. The Labute approximate surface area is 137 Å². The molecular formula is C20H23NO2. The number of piperidine rings is 1. The highest BCUT2D eigenvalue weighted by atomic mass is 16.5. The maximum absolute atomic E-state index is 11.6. The van der Waals surface area contributed by atoms with Gasteiger partial charge in [0.15, 0.2) is 0 Å². The first-order valence-electron chi connectivity index (χ1n) is 8.27. The number of likely N-dealkylation sites (tertiary alicyclic amines) is 1. The maximum Gasteiger partial charge on any atom is 0.337 e. The van der Waals surface area contributed by atoms with Gasteiger partial charge in [0, 0.05) is 0 Å². The lowest BCUT2D eigenvalue weighted by Crippen LogP contribution is -2.34. The maximum atomic E-state index is 11.6. The number of nitrogens with zero attached hydrogens (tertiary/aromatic N) is 1. The highest BCUT2D eigenvalue weighted by Gasteiger charge is 2.24. The van der Waals surface area contributed by atoms with E-state index in [0.717, 1.165) is 13.1 Å². The molecular weight excluding hydrogens is 286 g/mol. The molecule has 0 aliphatic carbocycles. The number of rotatable bonds is 4. The van der Waals surface area contributed by atoms with E-state index in [1.54, 1.807) is 0 Å². The van der Waals surface area contributed by atoms with E-state index >= 15 is 0 Å². The Hall–Kier alpha value is -2.13. The molecule has 3 rings (SSSR count). The van der Waals surface area contributed by atoms with Crippen molar-refractivity contribution < 1.29 is 9.53 Å². The first-order chi connectivity index (χ1) is 11.3. The smallest absolute Gasteiger partial charge is 0.337 e. The average Bonchev–Trinajstić information content (AvgIpc) is 2.64. The average molecular weight is 309 g/mol. The summed E-state index contributed by atoms with van der Waals surface area (Å²) in [7, 11) is 1.41. The van der Waals surface area contributed by atoms with Gasteiger partial charge < -0.3 is 4.74 Å². The van der Waals surface area contributed by atoms with Gasteiger partial charge in [-0.25, -0.2) is 4.79 Å². The second kappa shape index (κ2) is 7.42. The third-order valence-electron chi connectivity index (χ3n) is 4.52. The van der Waals surface area contributed by atoms with Crippen molar-refractivity contribution in [2.75, 3.05) is 20.2 Å². The lowest BCUT2D eigenvalue weighted by atomic mass is 9.94. The summed E-state index contributed by atoms with van der Waals surface area (Å²) in [6.45, 7) is 2.25. The number of benzene rings is 2. The van der Waals surface area contributed by atoms with Gasteiger partial charge in [-0.3, -0.25) is 4.90 Å². The highest BCUT2D eigenvalue weighted by molar-refractivity contribution is 5.89. The van der Waals surface area contributed by atoms with Crippen LogP contribution in [0.5, 0.6) is 0 Å². The van der Waals surface area contributed by atoms with Crippen LogP contribution in [0, 0.1) is 0 Å². The fourth-order valence-corrected chi connectivity index (χ4v) is 3.35. The fraction of sp³-hybridized carbons (Fsp3) is 0.350. The van der Waals surface area contributed by atoms with E-state index in [-0.39, 0.29) is 12.0 Å². The van der Waals surface area contributed by atoms with Gasteiger partial charge in [0.2, 0.25) is 0 Å². The minimum Gasteiger partial charge on any atom is -0.465 e. The predicted octanol–water partition coefficient (Wildman–Crippen LogP) is 4.05. The lowest BCUT2D eigenvalue weighted by molar-refractivity contribution is 0.0600. The van der Waals surface area contributed by atoms with Gasteiger partial charge in [-0.2, -0.15) is 0 Å². The van der Waals surface area contributed by atoms with E-state index in [2.05, 4.69) is 47.4 Å². The molecule has 0 bridgehead atoms. The molecule has 2 aromatic rings.